The van der Waals surface area contributed by atoms with E-state index in [-0.39, 0.29) is 12.1 Å². The van der Waals surface area contributed by atoms with Crippen molar-refractivity contribution in [1.82, 2.24) is 0 Å². The lowest BCUT2D eigenvalue weighted by Crippen LogP contribution is -2.15. The van der Waals surface area contributed by atoms with Crippen LogP contribution >= 0.6 is 0 Å². The van der Waals surface area contributed by atoms with Crippen molar-refractivity contribution < 1.29 is 14.3 Å². The van der Waals surface area contributed by atoms with Crippen LogP contribution in [0.2, 0.25) is 0 Å². The summed E-state index contributed by atoms with van der Waals surface area (Å²) in [5.41, 5.74) is 0. The highest BCUT2D eigenvalue weighted by atomic mass is 16.6. The van der Waals surface area contributed by atoms with Crippen LogP contribution in [0.4, 0.5) is 0 Å². The second kappa shape index (κ2) is 3.25. The molecule has 1 aliphatic heterocycles. The number of carbonyl (C=O) groups excluding carboxylic acids is 1. The molecule has 0 aromatic rings. The molecule has 0 amide bonds. The third-order valence-corrected chi connectivity index (χ3v) is 1.24. The third-order valence-electron chi connectivity index (χ3n) is 1.24. The van der Waals surface area contributed by atoms with E-state index in [0.29, 0.717) is 6.61 Å². The Morgan fingerprint density at radius 3 is 3.20 bits per heavy atom. The molecule has 3 heteroatoms. The van der Waals surface area contributed by atoms with E-state index >= 15 is 0 Å². The lowest BCUT2D eigenvalue weighted by Gasteiger charge is -2.08. The van der Waals surface area contributed by atoms with E-state index in [0.717, 1.165) is 6.42 Å². The summed E-state index contributed by atoms with van der Waals surface area (Å²) >= 11 is 0. The summed E-state index contributed by atoms with van der Waals surface area (Å²) in [4.78, 5) is 10.3. The normalized spacial score (nSPS) is 22.3. The number of rotatable bonds is 2. The lowest BCUT2D eigenvalue weighted by molar-refractivity contribution is -0.143. The zero-order valence-corrected chi connectivity index (χ0v) is 5.87. The van der Waals surface area contributed by atoms with E-state index in [1.165, 1.54) is 6.92 Å². The number of carbonyl (C=O) groups is 1. The van der Waals surface area contributed by atoms with Gasteiger partial charge in [0, 0.05) is 13.3 Å². The molecule has 0 aliphatic carbocycles. The summed E-state index contributed by atoms with van der Waals surface area (Å²) in [5.74, 6) is -0.254. The van der Waals surface area contributed by atoms with Crippen LogP contribution in [0.25, 0.3) is 0 Å². The average Bonchev–Trinajstić information content (AvgIpc) is 2.34. The molecule has 1 atom stereocenters. The number of ether oxygens (including phenoxy) is 2. The highest BCUT2D eigenvalue weighted by Crippen LogP contribution is 2.08. The van der Waals surface area contributed by atoms with Crippen molar-refractivity contribution in [2.24, 2.45) is 0 Å². The summed E-state index contributed by atoms with van der Waals surface area (Å²) in [5, 5.41) is 0. The Morgan fingerprint density at radius 1 is 1.90 bits per heavy atom. The predicted molar refractivity (Wildman–Crippen MR) is 35.3 cm³/mol. The van der Waals surface area contributed by atoms with E-state index in [2.05, 4.69) is 0 Å². The number of hydrogen-bond donors (Lipinski definition) is 0. The maximum Gasteiger partial charge on any atom is 0.302 e. The highest BCUT2D eigenvalue weighted by Gasteiger charge is 2.11. The van der Waals surface area contributed by atoms with Crippen LogP contribution in [0.15, 0.2) is 12.3 Å². The zero-order valence-electron chi connectivity index (χ0n) is 5.87. The molecule has 1 aliphatic rings. The highest BCUT2D eigenvalue weighted by molar-refractivity contribution is 5.65. The van der Waals surface area contributed by atoms with E-state index < -0.39 is 0 Å². The van der Waals surface area contributed by atoms with Gasteiger partial charge in [0.2, 0.25) is 0 Å². The molecule has 0 N–H and O–H groups in total. The summed E-state index contributed by atoms with van der Waals surface area (Å²) in [7, 11) is 0. The van der Waals surface area contributed by atoms with E-state index in [1.54, 1.807) is 6.26 Å². The summed E-state index contributed by atoms with van der Waals surface area (Å²) in [6, 6.07) is 0. The molecule has 1 rings (SSSR count). The van der Waals surface area contributed by atoms with E-state index in [1.807, 2.05) is 6.08 Å². The van der Waals surface area contributed by atoms with Crippen LogP contribution in [0.5, 0.6) is 0 Å². The predicted octanol–water partition coefficient (Wildman–Crippen LogP) is 0.852. The molecule has 0 bridgehead atoms. The second-order valence-electron chi connectivity index (χ2n) is 2.17. The van der Waals surface area contributed by atoms with Gasteiger partial charge in [0.15, 0.2) is 0 Å². The minimum atomic E-state index is -0.254. The molecular weight excluding hydrogens is 132 g/mol. The zero-order chi connectivity index (χ0) is 7.40. The molecule has 0 fully saturated rings. The van der Waals surface area contributed by atoms with Gasteiger partial charge >= 0.3 is 5.97 Å². The topological polar surface area (TPSA) is 35.5 Å². The van der Waals surface area contributed by atoms with E-state index in [4.69, 9.17) is 9.47 Å². The van der Waals surface area contributed by atoms with Gasteiger partial charge < -0.3 is 9.47 Å². The van der Waals surface area contributed by atoms with Gasteiger partial charge in [-0.1, -0.05) is 0 Å². The molecule has 56 valence electrons. The van der Waals surface area contributed by atoms with Gasteiger partial charge in [0.1, 0.15) is 12.7 Å². The monoisotopic (exact) mass is 142 g/mol. The van der Waals surface area contributed by atoms with Crippen molar-refractivity contribution in [2.75, 3.05) is 6.61 Å². The Labute approximate surface area is 59.6 Å². The molecule has 1 heterocycles. The van der Waals surface area contributed by atoms with Gasteiger partial charge in [-0.15, -0.1) is 0 Å². The standard InChI is InChI=1S/C7H10O3/c1-6(8)10-5-7-3-2-4-9-7/h2,4,7H,3,5H2,1H3. The van der Waals surface area contributed by atoms with Crippen molar-refractivity contribution in [2.45, 2.75) is 19.4 Å². The number of hydrogen-bond acceptors (Lipinski definition) is 3. The molecule has 0 radical (unpaired) electrons. The molecule has 0 spiro atoms. The fourth-order valence-electron chi connectivity index (χ4n) is 0.747. The summed E-state index contributed by atoms with van der Waals surface area (Å²) in [6.45, 7) is 1.75. The van der Waals surface area contributed by atoms with Gasteiger partial charge in [0.25, 0.3) is 0 Å². The van der Waals surface area contributed by atoms with Gasteiger partial charge in [-0.25, -0.2) is 0 Å². The van der Waals surface area contributed by atoms with Gasteiger partial charge in [-0.05, 0) is 6.08 Å². The van der Waals surface area contributed by atoms with Crippen molar-refractivity contribution in [1.29, 1.82) is 0 Å². The van der Waals surface area contributed by atoms with Gasteiger partial charge in [-0.2, -0.15) is 0 Å². The maximum absolute atomic E-state index is 10.3. The van der Waals surface area contributed by atoms with Crippen LogP contribution in [-0.4, -0.2) is 18.7 Å². The fourth-order valence-corrected chi connectivity index (χ4v) is 0.747. The first kappa shape index (κ1) is 7.12. The first-order chi connectivity index (χ1) is 4.79. The third kappa shape index (κ3) is 2.09. The van der Waals surface area contributed by atoms with Gasteiger partial charge in [-0.3, -0.25) is 4.79 Å². The largest absolute Gasteiger partial charge is 0.494 e. The van der Waals surface area contributed by atoms with Crippen LogP contribution in [0, 0.1) is 0 Å². The maximum atomic E-state index is 10.3. The Morgan fingerprint density at radius 2 is 2.70 bits per heavy atom. The average molecular weight is 142 g/mol. The Hall–Kier alpha value is -0.990. The van der Waals surface area contributed by atoms with Crippen molar-refractivity contribution in [3.63, 3.8) is 0 Å². The summed E-state index contributed by atoms with van der Waals surface area (Å²) < 4.78 is 9.77. The summed E-state index contributed by atoms with van der Waals surface area (Å²) in [6.07, 6.45) is 4.43. The van der Waals surface area contributed by atoms with E-state index in [9.17, 15) is 4.79 Å². The molecule has 10 heavy (non-hydrogen) atoms. The van der Waals surface area contributed by atoms with Crippen LogP contribution < -0.4 is 0 Å². The fraction of sp³-hybridized carbons (Fsp3) is 0.571. The smallest absolute Gasteiger partial charge is 0.302 e. The molecule has 3 nitrogen and oxygen atoms in total. The Kier molecular flexibility index (Phi) is 2.31. The lowest BCUT2D eigenvalue weighted by atomic mass is 10.3. The molecule has 0 aromatic carbocycles. The second-order valence-corrected chi connectivity index (χ2v) is 2.17. The van der Waals surface area contributed by atoms with Gasteiger partial charge in [0.05, 0.1) is 6.26 Å². The van der Waals surface area contributed by atoms with Crippen LogP contribution in [0.3, 0.4) is 0 Å². The minimum absolute atomic E-state index is 0.0453. The quantitative estimate of drug-likeness (QED) is 0.536. The van der Waals surface area contributed by atoms with Crippen molar-refractivity contribution in [3.05, 3.63) is 12.3 Å². The molecule has 0 saturated heterocycles. The molecule has 1 unspecified atom stereocenters. The molecular formula is C7H10O3. The van der Waals surface area contributed by atoms with Crippen LogP contribution in [-0.2, 0) is 14.3 Å². The SMILES string of the molecule is CC(=O)OCC1CC=CO1. The Balaban J connectivity index is 2.09. The Bertz CT molecular complexity index is 143. The number of esters is 1. The molecule has 0 saturated carbocycles. The minimum Gasteiger partial charge on any atom is -0.494 e. The first-order valence-electron chi connectivity index (χ1n) is 3.23. The first-order valence-corrected chi connectivity index (χ1v) is 3.23. The van der Waals surface area contributed by atoms with Crippen molar-refractivity contribution >= 4 is 5.97 Å². The van der Waals surface area contributed by atoms with Crippen LogP contribution in [0.1, 0.15) is 13.3 Å². The molecule has 0 aromatic heterocycles. The van der Waals surface area contributed by atoms with Crippen molar-refractivity contribution in [3.8, 4) is 0 Å².